The van der Waals surface area contributed by atoms with E-state index in [0.717, 1.165) is 0 Å². The lowest BCUT2D eigenvalue weighted by Crippen LogP contribution is -2.38. The second-order valence-corrected chi connectivity index (χ2v) is 4.46. The molecule has 0 radical (unpaired) electrons. The van der Waals surface area contributed by atoms with Crippen LogP contribution in [0.5, 0.6) is 0 Å². The maximum atomic E-state index is 13.6. The van der Waals surface area contributed by atoms with E-state index in [2.05, 4.69) is 4.98 Å². The Morgan fingerprint density at radius 3 is 2.59 bits per heavy atom. The first kappa shape index (κ1) is 13.4. The Morgan fingerprint density at radius 1 is 1.47 bits per heavy atom. The lowest BCUT2D eigenvalue weighted by Gasteiger charge is -2.28. The number of carbonyl (C=O) groups excluding carboxylic acids is 1. The van der Waals surface area contributed by atoms with Crippen LogP contribution in [0.4, 0.5) is 10.2 Å². The van der Waals surface area contributed by atoms with Gasteiger partial charge < -0.3 is 10.6 Å². The van der Waals surface area contributed by atoms with Crippen LogP contribution in [0.15, 0.2) is 12.3 Å². The number of carbonyl (C=O) groups is 1. The molecule has 1 aromatic rings. The first-order valence-corrected chi connectivity index (χ1v) is 5.53. The number of hydrogen-bond donors (Lipinski definition) is 1. The van der Waals surface area contributed by atoms with Crippen LogP contribution in [0.1, 0.15) is 31.1 Å². The molecule has 1 rings (SSSR count). The van der Waals surface area contributed by atoms with Gasteiger partial charge in [-0.2, -0.15) is 0 Å². The van der Waals surface area contributed by atoms with Crippen LogP contribution in [0.3, 0.4) is 0 Å². The van der Waals surface area contributed by atoms with E-state index in [1.165, 1.54) is 17.2 Å². The smallest absolute Gasteiger partial charge is 0.257 e. The molecule has 4 nitrogen and oxygen atoms in total. The molecule has 1 amide bonds. The van der Waals surface area contributed by atoms with E-state index < -0.39 is 5.82 Å². The van der Waals surface area contributed by atoms with Crippen LogP contribution in [0.25, 0.3) is 0 Å². The third kappa shape index (κ3) is 2.72. The molecule has 0 aliphatic carbocycles. The fourth-order valence-corrected chi connectivity index (χ4v) is 1.45. The lowest BCUT2D eigenvalue weighted by atomic mass is 10.0. The molecule has 0 fully saturated rings. The van der Waals surface area contributed by atoms with Crippen molar-refractivity contribution in [2.24, 2.45) is 5.92 Å². The normalized spacial score (nSPS) is 12.6. The molecular weight excluding hydrogens is 221 g/mol. The molecule has 94 valence electrons. The van der Waals surface area contributed by atoms with Crippen molar-refractivity contribution < 1.29 is 9.18 Å². The number of aromatic nitrogens is 1. The van der Waals surface area contributed by atoms with Gasteiger partial charge in [0, 0.05) is 19.3 Å². The molecule has 0 saturated carbocycles. The van der Waals surface area contributed by atoms with E-state index in [1.807, 2.05) is 20.8 Å². The minimum atomic E-state index is -0.750. The minimum absolute atomic E-state index is 0.0243. The fourth-order valence-electron chi connectivity index (χ4n) is 1.45. The van der Waals surface area contributed by atoms with Gasteiger partial charge in [-0.05, 0) is 18.9 Å². The Bertz CT molecular complexity index is 420. The summed E-state index contributed by atoms with van der Waals surface area (Å²) in [6.45, 7) is 5.93. The number of pyridine rings is 1. The van der Waals surface area contributed by atoms with Crippen LogP contribution in [0, 0.1) is 11.7 Å². The SMILES string of the molecule is CC(C)C(C)N(C)C(=O)c1ccnc(N)c1F. The molecule has 0 aromatic carbocycles. The van der Waals surface area contributed by atoms with E-state index in [0.29, 0.717) is 5.92 Å². The molecule has 1 unspecified atom stereocenters. The summed E-state index contributed by atoms with van der Waals surface area (Å²) in [5.41, 5.74) is 5.30. The summed E-state index contributed by atoms with van der Waals surface area (Å²) < 4.78 is 13.6. The number of hydrogen-bond acceptors (Lipinski definition) is 3. The Labute approximate surface area is 101 Å². The second kappa shape index (κ2) is 5.12. The van der Waals surface area contributed by atoms with Crippen molar-refractivity contribution in [1.82, 2.24) is 9.88 Å². The Balaban J connectivity index is 3.01. The van der Waals surface area contributed by atoms with Gasteiger partial charge in [0.2, 0.25) is 0 Å². The van der Waals surface area contributed by atoms with Crippen molar-refractivity contribution >= 4 is 11.7 Å². The van der Waals surface area contributed by atoms with Gasteiger partial charge in [-0.15, -0.1) is 0 Å². The summed E-state index contributed by atoms with van der Waals surface area (Å²) >= 11 is 0. The molecule has 0 saturated heterocycles. The third-order valence-electron chi connectivity index (χ3n) is 3.04. The van der Waals surface area contributed by atoms with Crippen LogP contribution in [-0.2, 0) is 0 Å². The summed E-state index contributed by atoms with van der Waals surface area (Å²) in [6.07, 6.45) is 1.33. The molecule has 1 heterocycles. The number of anilines is 1. The Morgan fingerprint density at radius 2 is 2.06 bits per heavy atom. The van der Waals surface area contributed by atoms with Crippen molar-refractivity contribution in [2.45, 2.75) is 26.8 Å². The van der Waals surface area contributed by atoms with Crippen molar-refractivity contribution in [2.75, 3.05) is 12.8 Å². The predicted molar refractivity (Wildman–Crippen MR) is 65.0 cm³/mol. The average Bonchev–Trinajstić information content (AvgIpc) is 2.29. The number of nitrogens with zero attached hydrogens (tertiary/aromatic N) is 2. The summed E-state index contributed by atoms with van der Waals surface area (Å²) in [7, 11) is 1.66. The highest BCUT2D eigenvalue weighted by atomic mass is 19.1. The van der Waals surface area contributed by atoms with Crippen LogP contribution >= 0.6 is 0 Å². The van der Waals surface area contributed by atoms with Crippen LogP contribution < -0.4 is 5.73 Å². The topological polar surface area (TPSA) is 59.2 Å². The Kier molecular flexibility index (Phi) is 4.04. The molecule has 1 atom stereocenters. The molecule has 0 spiro atoms. The maximum absolute atomic E-state index is 13.6. The van der Waals surface area contributed by atoms with Gasteiger partial charge in [-0.3, -0.25) is 4.79 Å². The molecule has 0 aliphatic rings. The minimum Gasteiger partial charge on any atom is -0.381 e. The number of nitrogen functional groups attached to an aromatic ring is 1. The van der Waals surface area contributed by atoms with Gasteiger partial charge in [0.1, 0.15) is 0 Å². The third-order valence-corrected chi connectivity index (χ3v) is 3.04. The Hall–Kier alpha value is -1.65. The maximum Gasteiger partial charge on any atom is 0.257 e. The summed E-state index contributed by atoms with van der Waals surface area (Å²) in [4.78, 5) is 17.2. The zero-order valence-electron chi connectivity index (χ0n) is 10.6. The van der Waals surface area contributed by atoms with E-state index in [9.17, 15) is 9.18 Å². The quantitative estimate of drug-likeness (QED) is 0.876. The van der Waals surface area contributed by atoms with Crippen molar-refractivity contribution in [3.05, 3.63) is 23.6 Å². The number of amides is 1. The van der Waals surface area contributed by atoms with Crippen molar-refractivity contribution in [3.8, 4) is 0 Å². The van der Waals surface area contributed by atoms with Gasteiger partial charge in [0.25, 0.3) is 5.91 Å². The molecular formula is C12H18FN3O. The largest absolute Gasteiger partial charge is 0.381 e. The monoisotopic (exact) mass is 239 g/mol. The zero-order valence-corrected chi connectivity index (χ0v) is 10.6. The zero-order chi connectivity index (χ0) is 13.2. The number of halogens is 1. The number of rotatable bonds is 3. The van der Waals surface area contributed by atoms with Gasteiger partial charge >= 0.3 is 0 Å². The molecule has 1 aromatic heterocycles. The van der Waals surface area contributed by atoms with Gasteiger partial charge in [-0.1, -0.05) is 13.8 Å². The first-order valence-electron chi connectivity index (χ1n) is 5.53. The number of nitrogens with two attached hydrogens (primary N) is 1. The first-order chi connectivity index (χ1) is 7.86. The summed E-state index contributed by atoms with van der Waals surface area (Å²) in [6, 6.07) is 1.37. The van der Waals surface area contributed by atoms with E-state index in [-0.39, 0.29) is 23.3 Å². The standard InChI is InChI=1S/C12H18FN3O/c1-7(2)8(3)16(4)12(17)9-5-6-15-11(14)10(9)13/h5-8H,1-4H3,(H2,14,15). The molecule has 5 heteroatoms. The van der Waals surface area contributed by atoms with Gasteiger partial charge in [0.05, 0.1) is 5.56 Å². The second-order valence-electron chi connectivity index (χ2n) is 4.46. The fraction of sp³-hybridized carbons (Fsp3) is 0.500. The van der Waals surface area contributed by atoms with Crippen molar-refractivity contribution in [1.29, 1.82) is 0 Å². The summed E-state index contributed by atoms with van der Waals surface area (Å²) in [5, 5.41) is 0. The van der Waals surface area contributed by atoms with Gasteiger partial charge in [0.15, 0.2) is 11.6 Å². The highest BCUT2D eigenvalue weighted by Gasteiger charge is 2.23. The van der Waals surface area contributed by atoms with Crippen molar-refractivity contribution in [3.63, 3.8) is 0 Å². The molecule has 17 heavy (non-hydrogen) atoms. The molecule has 2 N–H and O–H groups in total. The van der Waals surface area contributed by atoms with Gasteiger partial charge in [-0.25, -0.2) is 9.37 Å². The van der Waals surface area contributed by atoms with Crippen LogP contribution in [0.2, 0.25) is 0 Å². The van der Waals surface area contributed by atoms with E-state index in [4.69, 9.17) is 5.73 Å². The van der Waals surface area contributed by atoms with Crippen LogP contribution in [-0.4, -0.2) is 28.9 Å². The molecule has 0 bridgehead atoms. The molecule has 0 aliphatic heterocycles. The highest BCUT2D eigenvalue weighted by molar-refractivity contribution is 5.95. The summed E-state index contributed by atoms with van der Waals surface area (Å²) in [5.74, 6) is -1.08. The van der Waals surface area contributed by atoms with E-state index >= 15 is 0 Å². The van der Waals surface area contributed by atoms with E-state index in [1.54, 1.807) is 7.05 Å². The predicted octanol–water partition coefficient (Wildman–Crippen LogP) is 1.92. The average molecular weight is 239 g/mol. The lowest BCUT2D eigenvalue weighted by molar-refractivity contribution is 0.0702. The highest BCUT2D eigenvalue weighted by Crippen LogP contribution is 2.17.